The fraction of sp³-hybridized carbons (Fsp3) is 0.611. The lowest BCUT2D eigenvalue weighted by Crippen LogP contribution is -2.34. The van der Waals surface area contributed by atoms with Crippen LogP contribution in [0.25, 0.3) is 0 Å². The highest BCUT2D eigenvalue weighted by Crippen LogP contribution is 2.58. The first kappa shape index (κ1) is 17.4. The molecule has 0 atom stereocenters. The maximum atomic E-state index is 8.44. The van der Waals surface area contributed by atoms with Gasteiger partial charge in [-0.3, -0.25) is 0 Å². The molecule has 0 bridgehead atoms. The van der Waals surface area contributed by atoms with Gasteiger partial charge in [-0.25, -0.2) is 0 Å². The highest BCUT2D eigenvalue weighted by Gasteiger charge is 2.37. The summed E-state index contributed by atoms with van der Waals surface area (Å²) in [4.78, 5) is 0. The Hall–Kier alpha value is -0.680. The van der Waals surface area contributed by atoms with Crippen LogP contribution < -0.4 is 5.30 Å². The lowest BCUT2D eigenvalue weighted by molar-refractivity contribution is 0.714. The smallest absolute Gasteiger partial charge is 0.0418 e. The Kier molecular flexibility index (Phi) is 5.19. The summed E-state index contributed by atoms with van der Waals surface area (Å²) in [7, 11) is -0.357. The van der Waals surface area contributed by atoms with Crippen molar-refractivity contribution >= 4 is 18.9 Å². The van der Waals surface area contributed by atoms with E-state index in [1.165, 1.54) is 5.30 Å². The fourth-order valence-corrected chi connectivity index (χ4v) is 7.07. The van der Waals surface area contributed by atoms with Crippen LogP contribution in [-0.4, -0.2) is 16.0 Å². The predicted octanol–water partition coefficient (Wildman–Crippen LogP) is 5.41. The molecule has 20 heavy (non-hydrogen) atoms. The van der Waals surface area contributed by atoms with Gasteiger partial charge in [0.1, 0.15) is 0 Å². The Bertz CT molecular complexity index is 461. The maximum Gasteiger partial charge on any atom is 0.0418 e. The highest BCUT2D eigenvalue weighted by molar-refractivity contribution is 7.68. The van der Waals surface area contributed by atoms with Gasteiger partial charge in [-0.05, 0) is 21.5 Å². The molecule has 0 amide bonds. The monoisotopic (exact) mass is 291 g/mol. The number of hydrogen-bond acceptors (Lipinski definition) is 1. The fourth-order valence-electron chi connectivity index (χ4n) is 2.94. The van der Waals surface area contributed by atoms with E-state index in [0.29, 0.717) is 0 Å². The van der Waals surface area contributed by atoms with Gasteiger partial charge in [-0.1, -0.05) is 87.6 Å². The molecular formula is C18H30NP. The zero-order chi connectivity index (χ0) is 15.7. The van der Waals surface area contributed by atoms with Gasteiger partial charge in [-0.2, -0.15) is 0 Å². The standard InChI is InChI=1S/C18H30NP/c1-13(2)16(19)14-11-9-10-12-15(14)20(17(3,4)5)18(6,7)8/h9-13,19H,1-8H3. The van der Waals surface area contributed by atoms with E-state index in [4.69, 9.17) is 5.41 Å². The summed E-state index contributed by atoms with van der Waals surface area (Å²) in [5.41, 5.74) is 1.92. The van der Waals surface area contributed by atoms with E-state index < -0.39 is 0 Å². The van der Waals surface area contributed by atoms with E-state index in [9.17, 15) is 0 Å². The summed E-state index contributed by atoms with van der Waals surface area (Å²) in [6, 6.07) is 8.56. The Balaban J connectivity index is 3.47. The first-order valence-electron chi connectivity index (χ1n) is 7.44. The van der Waals surface area contributed by atoms with Crippen molar-refractivity contribution in [2.24, 2.45) is 5.92 Å². The maximum absolute atomic E-state index is 8.44. The molecule has 1 aromatic rings. The molecule has 0 fully saturated rings. The summed E-state index contributed by atoms with van der Waals surface area (Å²) in [5, 5.41) is 10.3. The topological polar surface area (TPSA) is 23.9 Å². The summed E-state index contributed by atoms with van der Waals surface area (Å²) in [6.45, 7) is 18.2. The molecule has 1 aromatic carbocycles. The quantitative estimate of drug-likeness (QED) is 0.568. The van der Waals surface area contributed by atoms with Gasteiger partial charge in [0.05, 0.1) is 0 Å². The van der Waals surface area contributed by atoms with Gasteiger partial charge in [-0.15, -0.1) is 0 Å². The molecule has 0 aliphatic rings. The van der Waals surface area contributed by atoms with E-state index in [0.717, 1.165) is 11.3 Å². The second-order valence-corrected chi connectivity index (χ2v) is 11.6. The summed E-state index contributed by atoms with van der Waals surface area (Å²) >= 11 is 0. The van der Waals surface area contributed by atoms with Crippen LogP contribution in [0.4, 0.5) is 0 Å². The minimum Gasteiger partial charge on any atom is -0.304 e. The van der Waals surface area contributed by atoms with E-state index in [2.05, 4.69) is 79.7 Å². The largest absolute Gasteiger partial charge is 0.304 e. The Morgan fingerprint density at radius 3 is 1.80 bits per heavy atom. The zero-order valence-corrected chi connectivity index (χ0v) is 15.2. The van der Waals surface area contributed by atoms with Crippen LogP contribution in [0.3, 0.4) is 0 Å². The van der Waals surface area contributed by atoms with Crippen LogP contribution in [0.15, 0.2) is 24.3 Å². The van der Waals surface area contributed by atoms with E-state index >= 15 is 0 Å². The van der Waals surface area contributed by atoms with Crippen molar-refractivity contribution in [3.8, 4) is 0 Å². The third-order valence-corrected chi connectivity index (χ3v) is 6.91. The molecule has 0 aromatic heterocycles. The van der Waals surface area contributed by atoms with Crippen molar-refractivity contribution in [2.45, 2.75) is 65.7 Å². The lowest BCUT2D eigenvalue weighted by Gasteiger charge is -2.42. The van der Waals surface area contributed by atoms with Crippen LogP contribution in [0.2, 0.25) is 0 Å². The van der Waals surface area contributed by atoms with E-state index in [1.807, 2.05) is 0 Å². The zero-order valence-electron chi connectivity index (χ0n) is 14.3. The van der Waals surface area contributed by atoms with Gasteiger partial charge in [0.25, 0.3) is 0 Å². The first-order valence-corrected chi connectivity index (χ1v) is 8.78. The number of benzene rings is 1. The second kappa shape index (κ2) is 5.98. The summed E-state index contributed by atoms with van der Waals surface area (Å²) < 4.78 is 0. The lowest BCUT2D eigenvalue weighted by atomic mass is 10.0. The molecule has 0 aliphatic carbocycles. The SMILES string of the molecule is CC(C)C(=N)c1ccccc1P(C(C)(C)C)C(C)(C)C. The predicted molar refractivity (Wildman–Crippen MR) is 94.2 cm³/mol. The van der Waals surface area contributed by atoms with Crippen LogP contribution in [0.5, 0.6) is 0 Å². The van der Waals surface area contributed by atoms with Gasteiger partial charge in [0.15, 0.2) is 0 Å². The van der Waals surface area contributed by atoms with Gasteiger partial charge >= 0.3 is 0 Å². The van der Waals surface area contributed by atoms with Crippen LogP contribution in [0.1, 0.15) is 61.0 Å². The molecule has 2 heteroatoms. The molecule has 0 radical (unpaired) electrons. The molecule has 1 N–H and O–H groups in total. The van der Waals surface area contributed by atoms with Crippen molar-refractivity contribution < 1.29 is 0 Å². The molecule has 0 heterocycles. The van der Waals surface area contributed by atoms with Crippen LogP contribution in [0, 0.1) is 11.3 Å². The molecule has 112 valence electrons. The average Bonchev–Trinajstić information content (AvgIpc) is 2.24. The summed E-state index contributed by atoms with van der Waals surface area (Å²) in [5.74, 6) is 0.271. The highest BCUT2D eigenvalue weighted by atomic mass is 31.1. The average molecular weight is 291 g/mol. The first-order chi connectivity index (χ1) is 8.96. The number of rotatable bonds is 3. The Labute approximate surface area is 126 Å². The normalized spacial score (nSPS) is 13.1. The third-order valence-electron chi connectivity index (χ3n) is 3.35. The molecular weight excluding hydrogens is 261 g/mol. The third kappa shape index (κ3) is 3.92. The molecule has 0 spiro atoms. The van der Waals surface area contributed by atoms with Gasteiger partial charge in [0.2, 0.25) is 0 Å². The molecule has 1 nitrogen and oxygen atoms in total. The second-order valence-electron chi connectivity index (χ2n) is 7.76. The van der Waals surface area contributed by atoms with Crippen molar-refractivity contribution in [2.75, 3.05) is 0 Å². The van der Waals surface area contributed by atoms with Crippen molar-refractivity contribution in [1.82, 2.24) is 0 Å². The van der Waals surface area contributed by atoms with E-state index in [-0.39, 0.29) is 24.2 Å². The molecule has 0 saturated heterocycles. The van der Waals surface area contributed by atoms with Crippen molar-refractivity contribution in [3.63, 3.8) is 0 Å². The van der Waals surface area contributed by atoms with Gasteiger partial charge < -0.3 is 5.41 Å². The number of hydrogen-bond donors (Lipinski definition) is 1. The van der Waals surface area contributed by atoms with Crippen LogP contribution >= 0.6 is 7.92 Å². The number of nitrogens with one attached hydrogen (secondary N) is 1. The minimum atomic E-state index is -0.357. The molecule has 0 aliphatic heterocycles. The van der Waals surface area contributed by atoms with E-state index in [1.54, 1.807) is 0 Å². The van der Waals surface area contributed by atoms with Crippen molar-refractivity contribution in [1.29, 1.82) is 5.41 Å². The Morgan fingerprint density at radius 2 is 1.40 bits per heavy atom. The molecule has 0 saturated carbocycles. The Morgan fingerprint density at radius 1 is 0.950 bits per heavy atom. The molecule has 1 rings (SSSR count). The summed E-state index contributed by atoms with van der Waals surface area (Å²) in [6.07, 6.45) is 0. The molecule has 0 unspecified atom stereocenters. The van der Waals surface area contributed by atoms with Crippen molar-refractivity contribution in [3.05, 3.63) is 29.8 Å². The van der Waals surface area contributed by atoms with Gasteiger partial charge in [0, 0.05) is 11.3 Å². The van der Waals surface area contributed by atoms with Crippen LogP contribution in [-0.2, 0) is 0 Å². The minimum absolute atomic E-state index is 0.237.